The van der Waals surface area contributed by atoms with Crippen LogP contribution in [-0.2, 0) is 16.0 Å². The number of piperazine rings is 1. The lowest BCUT2D eigenvalue weighted by molar-refractivity contribution is -0.136. The second-order valence-electron chi connectivity index (χ2n) is 14.3. The molecular formula is C43H41BrN4O7S. The van der Waals surface area contributed by atoms with E-state index in [1.165, 1.54) is 0 Å². The Morgan fingerprint density at radius 2 is 1.50 bits per heavy atom. The highest BCUT2D eigenvalue weighted by atomic mass is 79.9. The molecule has 13 heteroatoms. The predicted molar refractivity (Wildman–Crippen MR) is 218 cm³/mol. The van der Waals surface area contributed by atoms with Crippen molar-refractivity contribution in [2.24, 2.45) is 0 Å². The van der Waals surface area contributed by atoms with Crippen LogP contribution in [0, 0.1) is 0 Å². The number of benzene rings is 4. The van der Waals surface area contributed by atoms with Gasteiger partial charge in [-0.2, -0.15) is 0 Å². The van der Waals surface area contributed by atoms with Gasteiger partial charge in [-0.1, -0.05) is 34.1 Å². The molecule has 0 saturated carbocycles. The first-order valence-electron chi connectivity index (χ1n) is 18.9. The smallest absolute Gasteiger partial charge is 0.262 e. The molecule has 288 valence electrons. The van der Waals surface area contributed by atoms with Crippen LogP contribution in [0.1, 0.15) is 52.0 Å². The summed E-state index contributed by atoms with van der Waals surface area (Å²) in [4.78, 5) is 57.0. The Bertz CT molecular complexity index is 2290. The number of aryl methyl sites for hydroxylation is 1. The van der Waals surface area contributed by atoms with Gasteiger partial charge in [0.2, 0.25) is 11.8 Å². The van der Waals surface area contributed by atoms with Crippen molar-refractivity contribution in [1.29, 1.82) is 0 Å². The monoisotopic (exact) mass is 836 g/mol. The molecule has 1 unspecified atom stereocenters. The number of phenols is 1. The fraction of sp³-hybridized carbons (Fsp3) is 0.302. The van der Waals surface area contributed by atoms with E-state index < -0.39 is 23.8 Å². The number of piperidine rings is 1. The van der Waals surface area contributed by atoms with Crippen molar-refractivity contribution in [1.82, 2.24) is 20.0 Å². The first-order valence-corrected chi connectivity index (χ1v) is 20.5. The van der Waals surface area contributed by atoms with Crippen LogP contribution in [0.2, 0.25) is 0 Å². The molecule has 2 N–H and O–H groups in total. The Morgan fingerprint density at radius 3 is 2.25 bits per heavy atom. The summed E-state index contributed by atoms with van der Waals surface area (Å²) < 4.78 is 14.5. The zero-order valence-corrected chi connectivity index (χ0v) is 33.1. The molecule has 3 aliphatic rings. The second-order valence-corrected chi connectivity index (χ2v) is 16.3. The van der Waals surface area contributed by atoms with Gasteiger partial charge in [0.25, 0.3) is 11.8 Å². The average Bonchev–Trinajstić information content (AvgIpc) is 3.67. The number of carbonyl (C=O) groups excluding carboxylic acids is 4. The third-order valence-electron chi connectivity index (χ3n) is 10.6. The summed E-state index contributed by atoms with van der Waals surface area (Å²) in [7, 11) is 0. The zero-order chi connectivity index (χ0) is 38.8. The maximum absolute atomic E-state index is 13.2. The topological polar surface area (TPSA) is 129 Å². The summed E-state index contributed by atoms with van der Waals surface area (Å²) in [6.45, 7) is 6.39. The van der Waals surface area contributed by atoms with Gasteiger partial charge >= 0.3 is 0 Å². The number of imide groups is 2. The molecular weight excluding hydrogens is 796 g/mol. The summed E-state index contributed by atoms with van der Waals surface area (Å²) in [6.07, 6.45) is 3.02. The van der Waals surface area contributed by atoms with E-state index in [1.807, 2.05) is 48.5 Å². The van der Waals surface area contributed by atoms with Crippen LogP contribution in [0.25, 0.3) is 20.5 Å². The van der Waals surface area contributed by atoms with E-state index in [2.05, 4.69) is 43.2 Å². The number of unbranched alkanes of at least 4 members (excludes halogenated alkanes) is 1. The van der Waals surface area contributed by atoms with Crippen molar-refractivity contribution in [3.63, 3.8) is 0 Å². The molecule has 5 aromatic rings. The fourth-order valence-electron chi connectivity index (χ4n) is 7.54. The van der Waals surface area contributed by atoms with Gasteiger partial charge in [0.15, 0.2) is 5.75 Å². The molecule has 4 aromatic carbocycles. The van der Waals surface area contributed by atoms with Crippen LogP contribution >= 0.6 is 27.3 Å². The number of phenolic OH excluding ortho intramolecular Hbond substituents is 1. The van der Waals surface area contributed by atoms with E-state index in [0.29, 0.717) is 23.5 Å². The quantitative estimate of drug-likeness (QED) is 0.0932. The molecule has 8 rings (SSSR count). The van der Waals surface area contributed by atoms with E-state index in [1.54, 1.807) is 35.6 Å². The van der Waals surface area contributed by atoms with Gasteiger partial charge in [-0.15, -0.1) is 11.3 Å². The molecule has 3 aliphatic heterocycles. The van der Waals surface area contributed by atoms with E-state index in [9.17, 15) is 24.3 Å². The average molecular weight is 838 g/mol. The Labute approximate surface area is 336 Å². The number of ether oxygens (including phenoxy) is 2. The van der Waals surface area contributed by atoms with Gasteiger partial charge in [-0.05, 0) is 110 Å². The van der Waals surface area contributed by atoms with Gasteiger partial charge in [-0.25, -0.2) is 0 Å². The van der Waals surface area contributed by atoms with Crippen LogP contribution in [-0.4, -0.2) is 95.4 Å². The number of carbonyl (C=O) groups is 4. The zero-order valence-electron chi connectivity index (χ0n) is 30.7. The number of hydrogen-bond donors (Lipinski definition) is 2. The number of nitrogens with one attached hydrogen (secondary N) is 1. The molecule has 0 radical (unpaired) electrons. The lowest BCUT2D eigenvalue weighted by Crippen LogP contribution is -2.54. The highest BCUT2D eigenvalue weighted by Crippen LogP contribution is 2.47. The molecule has 0 aliphatic carbocycles. The minimum Gasteiger partial charge on any atom is -0.508 e. The standard InChI is InChI=1S/C43H41BrN4O7S/c44-29-7-5-28(6-8-29)40-39(34-15-9-30(49)26-37(34)56-40)55-32-12-10-31(11-13-32)54-24-23-47-21-19-46(20-22-47)18-2-1-3-27-4-14-33-35(25-27)43(53)48(42(33)52)36-16-17-38(50)45-41(36)51/h4-15,25-26,36,49H,1-3,16-24H2,(H,45,50,51). The summed E-state index contributed by atoms with van der Waals surface area (Å²) in [5, 5.41) is 13.3. The molecule has 4 amide bonds. The Kier molecular flexibility index (Phi) is 11.2. The number of thiophene rings is 1. The molecule has 2 saturated heterocycles. The van der Waals surface area contributed by atoms with Crippen molar-refractivity contribution in [2.75, 3.05) is 45.9 Å². The van der Waals surface area contributed by atoms with E-state index in [0.717, 1.165) is 105 Å². The Morgan fingerprint density at radius 1 is 0.786 bits per heavy atom. The minimum atomic E-state index is -0.953. The van der Waals surface area contributed by atoms with Gasteiger partial charge in [-0.3, -0.25) is 34.3 Å². The van der Waals surface area contributed by atoms with Gasteiger partial charge in [0.05, 0.1) is 16.0 Å². The molecule has 4 heterocycles. The Hall–Kier alpha value is -5.08. The van der Waals surface area contributed by atoms with Gasteiger partial charge in [0.1, 0.15) is 29.9 Å². The van der Waals surface area contributed by atoms with Crippen LogP contribution < -0.4 is 14.8 Å². The lowest BCUT2D eigenvalue weighted by atomic mass is 10.0. The minimum absolute atomic E-state index is 0.102. The number of fused-ring (bicyclic) bond motifs is 2. The van der Waals surface area contributed by atoms with E-state index in [4.69, 9.17) is 9.47 Å². The van der Waals surface area contributed by atoms with Crippen molar-refractivity contribution in [2.45, 2.75) is 38.1 Å². The number of aromatic hydroxyl groups is 1. The summed E-state index contributed by atoms with van der Waals surface area (Å²) >= 11 is 5.10. The van der Waals surface area contributed by atoms with Crippen molar-refractivity contribution >= 4 is 61.0 Å². The van der Waals surface area contributed by atoms with E-state index >= 15 is 0 Å². The molecule has 2 fully saturated rings. The number of rotatable bonds is 13. The van der Waals surface area contributed by atoms with Gasteiger partial charge in [0, 0.05) is 53.7 Å². The van der Waals surface area contributed by atoms with E-state index in [-0.39, 0.29) is 24.5 Å². The predicted octanol–water partition coefficient (Wildman–Crippen LogP) is 7.25. The second kappa shape index (κ2) is 16.6. The number of amides is 4. The molecule has 1 aromatic heterocycles. The highest BCUT2D eigenvalue weighted by Gasteiger charge is 2.44. The first kappa shape index (κ1) is 37.8. The number of halogens is 1. The lowest BCUT2D eigenvalue weighted by Gasteiger charge is -2.34. The number of nitrogens with zero attached hydrogens (tertiary/aromatic N) is 3. The third-order valence-corrected chi connectivity index (χ3v) is 12.3. The van der Waals surface area contributed by atoms with Crippen molar-refractivity contribution < 1.29 is 33.8 Å². The van der Waals surface area contributed by atoms with Crippen LogP contribution in [0.15, 0.2) is 89.4 Å². The van der Waals surface area contributed by atoms with Crippen molar-refractivity contribution in [3.05, 3.63) is 106 Å². The first-order chi connectivity index (χ1) is 27.2. The van der Waals surface area contributed by atoms with Crippen LogP contribution in [0.4, 0.5) is 0 Å². The van der Waals surface area contributed by atoms with Crippen LogP contribution in [0.3, 0.4) is 0 Å². The highest BCUT2D eigenvalue weighted by molar-refractivity contribution is 9.10. The number of hydrogen-bond acceptors (Lipinski definition) is 10. The SMILES string of the molecule is O=C1CCC(N2C(=O)c3ccc(CCCCN4CCN(CCOc5ccc(Oc6c(-c7ccc(Br)cc7)sc7cc(O)ccc67)cc5)CC4)cc3C2=O)C(=O)N1. The Balaban J connectivity index is 0.758. The summed E-state index contributed by atoms with van der Waals surface area (Å²) in [6, 6.07) is 25.6. The van der Waals surface area contributed by atoms with Crippen LogP contribution in [0.5, 0.6) is 23.0 Å². The fourth-order valence-corrected chi connectivity index (χ4v) is 8.98. The normalized spacial score (nSPS) is 17.7. The molecule has 0 bridgehead atoms. The summed E-state index contributed by atoms with van der Waals surface area (Å²) in [5.74, 6) is 0.552. The molecule has 11 nitrogen and oxygen atoms in total. The molecule has 1 atom stereocenters. The third kappa shape index (κ3) is 8.22. The summed E-state index contributed by atoms with van der Waals surface area (Å²) in [5.41, 5.74) is 2.68. The van der Waals surface area contributed by atoms with Gasteiger partial charge < -0.3 is 19.5 Å². The van der Waals surface area contributed by atoms with Crippen molar-refractivity contribution in [3.8, 4) is 33.4 Å². The molecule has 56 heavy (non-hydrogen) atoms. The largest absolute Gasteiger partial charge is 0.508 e. The maximum atomic E-state index is 13.2. The molecule has 0 spiro atoms. The maximum Gasteiger partial charge on any atom is 0.262 e.